The van der Waals surface area contributed by atoms with Crippen molar-refractivity contribution >= 4 is 40.5 Å². The van der Waals surface area contributed by atoms with E-state index in [-0.39, 0.29) is 17.3 Å². The van der Waals surface area contributed by atoms with Crippen molar-refractivity contribution in [1.82, 2.24) is 14.5 Å². The molecule has 0 aliphatic carbocycles. The summed E-state index contributed by atoms with van der Waals surface area (Å²) in [5, 5.41) is 0. The van der Waals surface area contributed by atoms with Crippen molar-refractivity contribution < 1.29 is 9.59 Å². The molecule has 1 heterocycles. The number of rotatable bonds is 14. The van der Waals surface area contributed by atoms with Gasteiger partial charge in [0, 0.05) is 25.2 Å². The van der Waals surface area contributed by atoms with Crippen molar-refractivity contribution in [3.63, 3.8) is 0 Å². The average Bonchev–Trinajstić information content (AvgIpc) is 3.49. The molecule has 0 radical (unpaired) electrons. The first kappa shape index (κ1) is 36.6. The van der Waals surface area contributed by atoms with E-state index in [2.05, 4.69) is 68.2 Å². The summed E-state index contributed by atoms with van der Waals surface area (Å²) in [7, 11) is 0. The molecule has 0 fully saturated rings. The van der Waals surface area contributed by atoms with Crippen LogP contribution in [0.4, 0.5) is 0 Å². The fourth-order valence-electron chi connectivity index (χ4n) is 6.26. The number of amides is 2. The van der Waals surface area contributed by atoms with Crippen LogP contribution in [0.5, 0.6) is 0 Å². The third-order valence-electron chi connectivity index (χ3n) is 9.04. The molecule has 1 unspecified atom stereocenters. The van der Waals surface area contributed by atoms with Crippen LogP contribution in [-0.4, -0.2) is 45.3 Å². The Hall–Kier alpha value is -5.70. The highest BCUT2D eigenvalue weighted by molar-refractivity contribution is 5.98. The first-order valence-electron chi connectivity index (χ1n) is 17.4. The highest BCUT2D eigenvalue weighted by Crippen LogP contribution is 2.31. The van der Waals surface area contributed by atoms with E-state index < -0.39 is 11.9 Å². The fourth-order valence-corrected chi connectivity index (χ4v) is 6.26. The van der Waals surface area contributed by atoms with Crippen LogP contribution in [0.2, 0.25) is 0 Å². The van der Waals surface area contributed by atoms with Crippen LogP contribution in [0.15, 0.2) is 108 Å². The van der Waals surface area contributed by atoms with Crippen molar-refractivity contribution in [2.75, 3.05) is 13.1 Å². The van der Waals surface area contributed by atoms with Gasteiger partial charge in [-0.3, -0.25) is 14.6 Å². The van der Waals surface area contributed by atoms with Crippen molar-refractivity contribution in [3.8, 4) is 0 Å². The van der Waals surface area contributed by atoms with Gasteiger partial charge in [-0.15, -0.1) is 0 Å². The summed E-state index contributed by atoms with van der Waals surface area (Å²) in [5.41, 5.74) is 24.3. The van der Waals surface area contributed by atoms with Crippen LogP contribution in [-0.2, 0) is 23.2 Å². The third kappa shape index (κ3) is 9.51. The van der Waals surface area contributed by atoms with Crippen molar-refractivity contribution in [2.24, 2.45) is 22.2 Å². The molecule has 1 atom stereocenters. The van der Waals surface area contributed by atoms with Crippen LogP contribution in [0.25, 0.3) is 22.7 Å². The Kier molecular flexibility index (Phi) is 11.7. The zero-order chi connectivity index (χ0) is 36.5. The number of nitrogens with two attached hydrogens (primary N) is 3. The van der Waals surface area contributed by atoms with Crippen molar-refractivity contribution in [3.05, 3.63) is 137 Å². The Morgan fingerprint density at radius 2 is 1.53 bits per heavy atom. The summed E-state index contributed by atoms with van der Waals surface area (Å²) in [6, 6.07) is 33.4. The van der Waals surface area contributed by atoms with Gasteiger partial charge in [-0.1, -0.05) is 106 Å². The maximum atomic E-state index is 14.2. The number of primary amides is 1. The molecule has 5 rings (SSSR count). The van der Waals surface area contributed by atoms with E-state index >= 15 is 0 Å². The van der Waals surface area contributed by atoms with Gasteiger partial charge >= 0.3 is 0 Å². The molecule has 0 saturated heterocycles. The zero-order valence-electron chi connectivity index (χ0n) is 30.0. The lowest BCUT2D eigenvalue weighted by atomic mass is 9.86. The Morgan fingerprint density at radius 3 is 2.14 bits per heavy atom. The summed E-state index contributed by atoms with van der Waals surface area (Å²) < 4.78 is 1.90. The topological polar surface area (TPSA) is 146 Å². The van der Waals surface area contributed by atoms with Gasteiger partial charge in [0.2, 0.25) is 5.91 Å². The Bertz CT molecular complexity index is 2000. The molecular weight excluding hydrogens is 635 g/mol. The quantitative estimate of drug-likeness (QED) is 0.0665. The fraction of sp³-hybridized carbons (Fsp3) is 0.286. The van der Waals surface area contributed by atoms with E-state index in [4.69, 9.17) is 22.2 Å². The highest BCUT2D eigenvalue weighted by Gasteiger charge is 2.26. The van der Waals surface area contributed by atoms with Gasteiger partial charge in [0.05, 0.1) is 11.0 Å². The molecule has 0 aliphatic heterocycles. The number of allylic oxidation sites excluding steroid dienone is 1. The molecule has 5 aromatic rings. The first-order chi connectivity index (χ1) is 24.4. The highest BCUT2D eigenvalue weighted by atomic mass is 16.2. The monoisotopic (exact) mass is 683 g/mol. The number of carbonyl (C=O) groups is 2. The van der Waals surface area contributed by atoms with Crippen molar-refractivity contribution in [2.45, 2.75) is 65.0 Å². The minimum atomic E-state index is -0.715. The van der Waals surface area contributed by atoms with Gasteiger partial charge < -0.3 is 26.7 Å². The first-order valence-corrected chi connectivity index (χ1v) is 17.4. The van der Waals surface area contributed by atoms with Gasteiger partial charge in [0.15, 0.2) is 5.96 Å². The molecule has 0 bridgehead atoms. The molecule has 0 saturated carbocycles. The maximum absolute atomic E-state index is 14.2. The minimum absolute atomic E-state index is 0.00192. The average molecular weight is 684 g/mol. The van der Waals surface area contributed by atoms with E-state index in [1.165, 1.54) is 5.56 Å². The molecule has 9 heteroatoms. The molecule has 6 N–H and O–H groups in total. The summed E-state index contributed by atoms with van der Waals surface area (Å²) in [4.78, 5) is 38.3. The number of guanidine groups is 1. The second kappa shape index (κ2) is 16.3. The smallest absolute Gasteiger partial charge is 0.254 e. The standard InChI is InChI=1S/C42H49N7O2/c1-29(26-31-17-20-34(21-18-31)42(2,3)4)39-47-35-27-33(19-22-36(35)49(39)37(38(43)50)16-11-24-46-41(44)45)40(51)48(28-32-14-9-6-10-15-32)25-23-30-12-7-5-8-13-30/h5-10,12-15,17-22,26-27,37H,11,16,23-25,28H2,1-4H3,(H2,43,50)(H4,44,45,46). The largest absolute Gasteiger partial charge is 0.370 e. The number of hydrogen-bond donors (Lipinski definition) is 3. The van der Waals surface area contributed by atoms with E-state index in [1.54, 1.807) is 0 Å². The second-order valence-electron chi connectivity index (χ2n) is 14.0. The summed E-state index contributed by atoms with van der Waals surface area (Å²) in [5.74, 6) is 0.0173. The molecule has 264 valence electrons. The van der Waals surface area contributed by atoms with E-state index in [0.29, 0.717) is 54.9 Å². The van der Waals surface area contributed by atoms with E-state index in [1.807, 2.05) is 83.1 Å². The van der Waals surface area contributed by atoms with Gasteiger partial charge in [0.1, 0.15) is 11.9 Å². The minimum Gasteiger partial charge on any atom is -0.370 e. The van der Waals surface area contributed by atoms with Crippen molar-refractivity contribution in [1.29, 1.82) is 0 Å². The Morgan fingerprint density at radius 1 is 0.882 bits per heavy atom. The normalized spacial score (nSPS) is 12.4. The Balaban J connectivity index is 1.54. The number of hydrogen-bond acceptors (Lipinski definition) is 4. The summed E-state index contributed by atoms with van der Waals surface area (Å²) >= 11 is 0. The third-order valence-corrected chi connectivity index (χ3v) is 9.04. The summed E-state index contributed by atoms with van der Waals surface area (Å²) in [6.07, 6.45) is 3.72. The zero-order valence-corrected chi connectivity index (χ0v) is 30.0. The van der Waals surface area contributed by atoms with Crippen LogP contribution in [0.3, 0.4) is 0 Å². The number of carbonyl (C=O) groups excluding carboxylic acids is 2. The number of nitrogens with zero attached hydrogens (tertiary/aromatic N) is 4. The number of aromatic nitrogens is 2. The van der Waals surface area contributed by atoms with Gasteiger partial charge in [-0.25, -0.2) is 4.98 Å². The molecule has 1 aromatic heterocycles. The molecule has 4 aromatic carbocycles. The van der Waals surface area contributed by atoms with Crippen LogP contribution < -0.4 is 17.2 Å². The second-order valence-corrected chi connectivity index (χ2v) is 14.0. The van der Waals surface area contributed by atoms with Gasteiger partial charge in [0.25, 0.3) is 5.91 Å². The molecule has 2 amide bonds. The van der Waals surface area contributed by atoms with Crippen LogP contribution in [0, 0.1) is 0 Å². The number of fused-ring (bicyclic) bond motifs is 1. The van der Waals surface area contributed by atoms with Crippen LogP contribution >= 0.6 is 0 Å². The predicted octanol–water partition coefficient (Wildman–Crippen LogP) is 6.86. The van der Waals surface area contributed by atoms with Gasteiger partial charge in [-0.05, 0) is 83.7 Å². The predicted molar refractivity (Wildman–Crippen MR) is 208 cm³/mol. The molecule has 9 nitrogen and oxygen atoms in total. The molecule has 0 spiro atoms. The van der Waals surface area contributed by atoms with Crippen LogP contribution in [0.1, 0.15) is 85.0 Å². The molecule has 51 heavy (non-hydrogen) atoms. The molecule has 0 aliphatic rings. The Labute approximate surface area is 300 Å². The summed E-state index contributed by atoms with van der Waals surface area (Å²) in [6.45, 7) is 9.92. The number of aliphatic imine (C=N–C) groups is 1. The lowest BCUT2D eigenvalue weighted by Crippen LogP contribution is -2.32. The number of benzene rings is 4. The number of imidazole rings is 1. The maximum Gasteiger partial charge on any atom is 0.254 e. The van der Waals surface area contributed by atoms with E-state index in [0.717, 1.165) is 28.7 Å². The SMILES string of the molecule is CC(=Cc1ccc(C(C)(C)C)cc1)c1nc2cc(C(=O)N(CCc3ccccc3)Cc3ccccc3)ccc2n1C(CCCN=C(N)N)C(N)=O. The van der Waals surface area contributed by atoms with E-state index in [9.17, 15) is 9.59 Å². The lowest BCUT2D eigenvalue weighted by molar-refractivity contribution is -0.121. The van der Waals surface area contributed by atoms with Gasteiger partial charge in [-0.2, -0.15) is 0 Å². The molecular formula is C42H49N7O2. The lowest BCUT2D eigenvalue weighted by Gasteiger charge is -2.23.